The van der Waals surface area contributed by atoms with Gasteiger partial charge in [-0.1, -0.05) is 6.07 Å². The van der Waals surface area contributed by atoms with Gasteiger partial charge in [0.05, 0.1) is 6.33 Å². The first-order chi connectivity index (χ1) is 15.5. The molecule has 168 valence electrons. The number of nitrogens with zero attached hydrogens (tertiary/aromatic N) is 5. The lowest BCUT2D eigenvalue weighted by atomic mass is 10.1. The lowest BCUT2D eigenvalue weighted by molar-refractivity contribution is -0.137. The molecule has 4 atom stereocenters. The molecular weight excluding hydrogens is 420 g/mol. The van der Waals surface area contributed by atoms with Gasteiger partial charge in [-0.05, 0) is 18.6 Å². The first-order valence-electron chi connectivity index (χ1n) is 9.89. The molecule has 1 fully saturated rings. The lowest BCUT2D eigenvalue weighted by Crippen LogP contribution is -2.43. The number of nitrogen functional groups attached to an aromatic ring is 1. The SMILES string of the molecule is Nc1ncnc2c1ncn2[C@@H]1O[C@H](C(=O)NCCCNC(=O)c2ccccn2)[C@@H](O)[C@H]1O. The zero-order valence-electron chi connectivity index (χ0n) is 16.8. The molecule has 1 aliphatic rings. The van der Waals surface area contributed by atoms with E-state index in [0.717, 1.165) is 0 Å². The van der Waals surface area contributed by atoms with Crippen LogP contribution in [0.4, 0.5) is 5.82 Å². The lowest BCUT2D eigenvalue weighted by Gasteiger charge is -2.16. The molecule has 0 aromatic carbocycles. The van der Waals surface area contributed by atoms with Crippen LogP contribution in [0, 0.1) is 0 Å². The maximum absolute atomic E-state index is 12.5. The van der Waals surface area contributed by atoms with Crippen molar-refractivity contribution in [3.05, 3.63) is 42.7 Å². The third-order valence-electron chi connectivity index (χ3n) is 4.99. The van der Waals surface area contributed by atoms with E-state index >= 15 is 0 Å². The summed E-state index contributed by atoms with van der Waals surface area (Å²) >= 11 is 0. The van der Waals surface area contributed by atoms with Gasteiger partial charge in [0, 0.05) is 19.3 Å². The van der Waals surface area contributed by atoms with Crippen LogP contribution >= 0.6 is 0 Å². The standard InChI is InChI=1S/C19H22N8O5/c20-15-11-16(25-8-24-15)27(9-26-11)19-13(29)12(28)14(32-19)18(31)23-7-3-6-22-17(30)10-4-1-2-5-21-10/h1-2,4-5,8-9,12-14,19,28-29H,3,6-7H2,(H,22,30)(H,23,31)(H2,20,24,25)/t12-,13+,14-,19+/m0/s1. The van der Waals surface area contributed by atoms with Gasteiger partial charge in [0.2, 0.25) is 0 Å². The van der Waals surface area contributed by atoms with Gasteiger partial charge in [-0.3, -0.25) is 19.1 Å². The van der Waals surface area contributed by atoms with E-state index in [9.17, 15) is 19.8 Å². The Morgan fingerprint density at radius 2 is 1.91 bits per heavy atom. The molecule has 13 nitrogen and oxygen atoms in total. The summed E-state index contributed by atoms with van der Waals surface area (Å²) in [5.41, 5.74) is 6.69. The van der Waals surface area contributed by atoms with Crippen LogP contribution in [-0.2, 0) is 9.53 Å². The smallest absolute Gasteiger partial charge is 0.269 e. The topological polar surface area (TPSA) is 190 Å². The third kappa shape index (κ3) is 4.21. The van der Waals surface area contributed by atoms with Gasteiger partial charge in [-0.25, -0.2) is 15.0 Å². The number of hydrogen-bond donors (Lipinski definition) is 5. The molecule has 0 unspecified atom stereocenters. The van der Waals surface area contributed by atoms with Crippen LogP contribution in [0.5, 0.6) is 0 Å². The van der Waals surface area contributed by atoms with E-state index in [1.54, 1.807) is 18.2 Å². The number of fused-ring (bicyclic) bond motifs is 1. The average molecular weight is 442 g/mol. The van der Waals surface area contributed by atoms with Gasteiger partial charge in [-0.2, -0.15) is 0 Å². The predicted octanol–water partition coefficient (Wildman–Crippen LogP) is -1.64. The summed E-state index contributed by atoms with van der Waals surface area (Å²) in [5.74, 6) is -0.741. The second kappa shape index (κ2) is 9.21. The van der Waals surface area contributed by atoms with E-state index < -0.39 is 30.4 Å². The predicted molar refractivity (Wildman–Crippen MR) is 110 cm³/mol. The molecule has 0 bridgehead atoms. The number of ether oxygens (including phenoxy) is 1. The van der Waals surface area contributed by atoms with Crippen molar-refractivity contribution in [3.8, 4) is 0 Å². The number of nitrogens with two attached hydrogens (primary N) is 1. The van der Waals surface area contributed by atoms with Crippen molar-refractivity contribution in [3.63, 3.8) is 0 Å². The largest absolute Gasteiger partial charge is 0.387 e. The minimum atomic E-state index is -1.46. The number of nitrogens with one attached hydrogen (secondary N) is 2. The van der Waals surface area contributed by atoms with E-state index in [-0.39, 0.29) is 18.3 Å². The van der Waals surface area contributed by atoms with Crippen molar-refractivity contribution >= 4 is 28.8 Å². The first-order valence-corrected chi connectivity index (χ1v) is 9.89. The average Bonchev–Trinajstić information content (AvgIpc) is 3.36. The van der Waals surface area contributed by atoms with Crippen LogP contribution in [0.25, 0.3) is 11.2 Å². The summed E-state index contributed by atoms with van der Waals surface area (Å²) in [6, 6.07) is 5.03. The van der Waals surface area contributed by atoms with Crippen molar-refractivity contribution in [2.75, 3.05) is 18.8 Å². The normalized spacial score (nSPS) is 22.7. The van der Waals surface area contributed by atoms with Gasteiger partial charge >= 0.3 is 0 Å². The summed E-state index contributed by atoms with van der Waals surface area (Å²) in [6.07, 6.45) is -0.671. The quantitative estimate of drug-likeness (QED) is 0.265. The molecule has 3 aromatic heterocycles. The second-order valence-corrected chi connectivity index (χ2v) is 7.13. The summed E-state index contributed by atoms with van der Waals surface area (Å²) in [5, 5.41) is 26.1. The molecule has 0 radical (unpaired) electrons. The van der Waals surface area contributed by atoms with Crippen LogP contribution in [0.3, 0.4) is 0 Å². The Labute approximate surface area is 181 Å². The highest BCUT2D eigenvalue weighted by Gasteiger charge is 2.47. The number of rotatable bonds is 7. The Morgan fingerprint density at radius 3 is 2.69 bits per heavy atom. The van der Waals surface area contributed by atoms with Crippen molar-refractivity contribution in [1.29, 1.82) is 0 Å². The summed E-state index contributed by atoms with van der Waals surface area (Å²) in [4.78, 5) is 40.4. The number of amides is 2. The van der Waals surface area contributed by atoms with E-state index in [1.807, 2.05) is 0 Å². The highest BCUT2D eigenvalue weighted by molar-refractivity contribution is 5.92. The van der Waals surface area contributed by atoms with Crippen molar-refractivity contribution < 1.29 is 24.5 Å². The van der Waals surface area contributed by atoms with Gasteiger partial charge in [0.25, 0.3) is 11.8 Å². The molecule has 32 heavy (non-hydrogen) atoms. The molecule has 4 rings (SSSR count). The third-order valence-corrected chi connectivity index (χ3v) is 4.99. The van der Waals surface area contributed by atoms with Gasteiger partial charge in [-0.15, -0.1) is 0 Å². The van der Waals surface area contributed by atoms with E-state index in [4.69, 9.17) is 10.5 Å². The maximum Gasteiger partial charge on any atom is 0.269 e. The Balaban J connectivity index is 1.29. The van der Waals surface area contributed by atoms with Crippen LogP contribution < -0.4 is 16.4 Å². The van der Waals surface area contributed by atoms with Crippen molar-refractivity contribution in [1.82, 2.24) is 35.1 Å². The van der Waals surface area contributed by atoms with Crippen molar-refractivity contribution in [2.24, 2.45) is 0 Å². The van der Waals surface area contributed by atoms with Crippen molar-refractivity contribution in [2.45, 2.75) is 31.0 Å². The minimum absolute atomic E-state index is 0.159. The molecule has 6 N–H and O–H groups in total. The molecule has 1 aliphatic heterocycles. The summed E-state index contributed by atoms with van der Waals surface area (Å²) < 4.78 is 7.02. The van der Waals surface area contributed by atoms with E-state index in [2.05, 4.69) is 30.6 Å². The Kier molecular flexibility index (Phi) is 6.20. The number of aliphatic hydroxyl groups is 2. The molecule has 13 heteroatoms. The molecule has 1 saturated heterocycles. The molecule has 0 aliphatic carbocycles. The Bertz CT molecular complexity index is 1110. The molecule has 2 amide bonds. The first kappa shape index (κ1) is 21.5. The Morgan fingerprint density at radius 1 is 1.09 bits per heavy atom. The summed E-state index contributed by atoms with van der Waals surface area (Å²) in [7, 11) is 0. The van der Waals surface area contributed by atoms with E-state index in [1.165, 1.54) is 23.4 Å². The number of carbonyl (C=O) groups is 2. The number of carbonyl (C=O) groups excluding carboxylic acids is 2. The van der Waals surface area contributed by atoms with Gasteiger partial charge < -0.3 is 31.3 Å². The number of pyridine rings is 1. The highest BCUT2D eigenvalue weighted by Crippen LogP contribution is 2.32. The van der Waals surface area contributed by atoms with Gasteiger partial charge in [0.1, 0.15) is 29.7 Å². The molecular formula is C19H22N8O5. The van der Waals surface area contributed by atoms with Gasteiger partial charge in [0.15, 0.2) is 23.8 Å². The molecule has 3 aromatic rings. The van der Waals surface area contributed by atoms with Crippen LogP contribution in [0.15, 0.2) is 37.1 Å². The van der Waals surface area contributed by atoms with Crippen LogP contribution in [0.2, 0.25) is 0 Å². The zero-order valence-corrected chi connectivity index (χ0v) is 16.8. The Hall–Kier alpha value is -3.68. The van der Waals surface area contributed by atoms with Crippen LogP contribution in [-0.4, -0.2) is 77.9 Å². The highest BCUT2D eigenvalue weighted by atomic mass is 16.6. The minimum Gasteiger partial charge on any atom is -0.387 e. The van der Waals surface area contributed by atoms with Crippen LogP contribution in [0.1, 0.15) is 23.1 Å². The number of aromatic nitrogens is 5. The maximum atomic E-state index is 12.5. The second-order valence-electron chi connectivity index (χ2n) is 7.13. The van der Waals surface area contributed by atoms with E-state index in [0.29, 0.717) is 29.8 Å². The summed E-state index contributed by atoms with van der Waals surface area (Å²) in [6.45, 7) is 0.545. The zero-order chi connectivity index (χ0) is 22.7. The fourth-order valence-electron chi connectivity index (χ4n) is 3.35. The fourth-order valence-corrected chi connectivity index (χ4v) is 3.35. The number of hydrogen-bond acceptors (Lipinski definition) is 10. The number of imidazole rings is 1. The molecule has 4 heterocycles. The monoisotopic (exact) mass is 442 g/mol. The number of aliphatic hydroxyl groups excluding tert-OH is 2. The number of anilines is 1. The molecule has 0 spiro atoms. The molecule has 0 saturated carbocycles. The fraction of sp³-hybridized carbons (Fsp3) is 0.368.